The number of ketones is 1. The molecule has 182 valence electrons. The number of benzene rings is 4. The lowest BCUT2D eigenvalue weighted by atomic mass is 10.1. The van der Waals surface area contributed by atoms with E-state index in [1.807, 2.05) is 6.07 Å². The van der Waals surface area contributed by atoms with Crippen molar-refractivity contribution < 1.29 is 22.9 Å². The van der Waals surface area contributed by atoms with E-state index in [0.29, 0.717) is 22.8 Å². The number of nitro benzene ring substituents is 1. The van der Waals surface area contributed by atoms with Crippen LogP contribution in [0.5, 0.6) is 11.5 Å². The molecule has 0 radical (unpaired) electrons. The molecule has 2 N–H and O–H groups in total. The molecular formula is C26H21N3O6S. The van der Waals surface area contributed by atoms with Crippen LogP contribution in [0.25, 0.3) is 0 Å². The molecular weight excluding hydrogens is 482 g/mol. The number of Topliss-reactive ketones (excluding diaryl/α,β-unsaturated/α-hetero) is 1. The van der Waals surface area contributed by atoms with Crippen LogP contribution in [-0.2, 0) is 10.0 Å². The first kappa shape index (κ1) is 24.4. The lowest BCUT2D eigenvalue weighted by Crippen LogP contribution is -2.16. The number of carbonyl (C=O) groups excluding carboxylic acids is 1. The lowest BCUT2D eigenvalue weighted by molar-refractivity contribution is -0.384. The molecule has 0 aliphatic carbocycles. The fourth-order valence-corrected chi connectivity index (χ4v) is 4.71. The number of nitrogens with zero attached hydrogens (tertiary/aromatic N) is 1. The minimum atomic E-state index is -4.04. The van der Waals surface area contributed by atoms with Crippen molar-refractivity contribution in [1.29, 1.82) is 0 Å². The molecule has 0 aromatic heterocycles. The van der Waals surface area contributed by atoms with Crippen molar-refractivity contribution in [2.45, 2.75) is 11.8 Å². The van der Waals surface area contributed by atoms with Gasteiger partial charge in [0.25, 0.3) is 15.7 Å². The lowest BCUT2D eigenvalue weighted by Gasteiger charge is -2.15. The molecule has 0 bridgehead atoms. The van der Waals surface area contributed by atoms with Crippen LogP contribution in [0, 0.1) is 10.1 Å². The van der Waals surface area contributed by atoms with Crippen molar-refractivity contribution in [3.8, 4) is 11.5 Å². The Morgan fingerprint density at radius 2 is 1.53 bits per heavy atom. The molecule has 0 aliphatic rings. The summed E-state index contributed by atoms with van der Waals surface area (Å²) >= 11 is 0. The summed E-state index contributed by atoms with van der Waals surface area (Å²) in [7, 11) is -4.04. The Kier molecular flexibility index (Phi) is 6.98. The highest BCUT2D eigenvalue weighted by Gasteiger charge is 2.22. The van der Waals surface area contributed by atoms with Gasteiger partial charge in [-0.2, -0.15) is 0 Å². The summed E-state index contributed by atoms with van der Waals surface area (Å²) in [6, 6.07) is 25.4. The third kappa shape index (κ3) is 5.68. The molecule has 0 atom stereocenters. The van der Waals surface area contributed by atoms with Crippen molar-refractivity contribution in [2.24, 2.45) is 0 Å². The van der Waals surface area contributed by atoms with Crippen LogP contribution in [0.4, 0.5) is 22.7 Å². The Labute approximate surface area is 207 Å². The van der Waals surface area contributed by atoms with Crippen molar-refractivity contribution in [3.63, 3.8) is 0 Å². The second-order valence-corrected chi connectivity index (χ2v) is 9.37. The second-order valence-electron chi connectivity index (χ2n) is 7.72. The predicted molar refractivity (Wildman–Crippen MR) is 137 cm³/mol. The maximum absolute atomic E-state index is 13.0. The Balaban J connectivity index is 1.69. The van der Waals surface area contributed by atoms with Gasteiger partial charge in [-0.05, 0) is 55.5 Å². The fraction of sp³-hybridized carbons (Fsp3) is 0.0385. The molecule has 10 heteroatoms. The summed E-state index contributed by atoms with van der Waals surface area (Å²) in [6.45, 7) is 1.27. The highest BCUT2D eigenvalue weighted by molar-refractivity contribution is 7.92. The van der Waals surface area contributed by atoms with E-state index in [-0.39, 0.29) is 21.9 Å². The summed E-state index contributed by atoms with van der Waals surface area (Å²) in [5, 5.41) is 14.4. The van der Waals surface area contributed by atoms with Gasteiger partial charge in [0.2, 0.25) is 0 Å². The average molecular weight is 504 g/mol. The van der Waals surface area contributed by atoms with E-state index in [1.165, 1.54) is 43.3 Å². The topological polar surface area (TPSA) is 128 Å². The summed E-state index contributed by atoms with van der Waals surface area (Å²) in [4.78, 5) is 23.0. The van der Waals surface area contributed by atoms with Gasteiger partial charge in [0, 0.05) is 23.0 Å². The van der Waals surface area contributed by atoms with Crippen molar-refractivity contribution in [3.05, 3.63) is 113 Å². The molecule has 0 unspecified atom stereocenters. The summed E-state index contributed by atoms with van der Waals surface area (Å²) in [5.74, 6) is 0.206. The third-order valence-corrected chi connectivity index (χ3v) is 6.54. The standard InChI is InChI=1S/C26H21N3O6S/c1-18(30)23-16-20(12-15-26(23)36(33,34)28-19-8-4-2-5-9-19)27-24-14-13-21(29(31)32)17-25(24)35-22-10-6-3-7-11-22/h2-17,27-28H,1H3. The number of hydrogen-bond acceptors (Lipinski definition) is 7. The highest BCUT2D eigenvalue weighted by Crippen LogP contribution is 2.35. The van der Waals surface area contributed by atoms with E-state index in [9.17, 15) is 23.3 Å². The number of ether oxygens (including phenoxy) is 1. The Bertz CT molecular complexity index is 1520. The third-order valence-electron chi connectivity index (χ3n) is 5.10. The highest BCUT2D eigenvalue weighted by atomic mass is 32.2. The van der Waals surface area contributed by atoms with Crippen molar-refractivity contribution >= 4 is 38.6 Å². The number of rotatable bonds is 9. The Hall–Kier alpha value is -4.70. The number of non-ortho nitro benzene ring substituents is 1. The average Bonchev–Trinajstić information content (AvgIpc) is 2.86. The number of para-hydroxylation sites is 2. The zero-order chi connectivity index (χ0) is 25.7. The van der Waals surface area contributed by atoms with Crippen LogP contribution >= 0.6 is 0 Å². The normalized spacial score (nSPS) is 10.9. The number of carbonyl (C=O) groups is 1. The van der Waals surface area contributed by atoms with Gasteiger partial charge >= 0.3 is 0 Å². The van der Waals surface area contributed by atoms with E-state index in [2.05, 4.69) is 10.0 Å². The molecule has 0 heterocycles. The van der Waals surface area contributed by atoms with Gasteiger partial charge in [0.05, 0.1) is 21.6 Å². The first-order valence-corrected chi connectivity index (χ1v) is 12.2. The quantitative estimate of drug-likeness (QED) is 0.160. The first-order chi connectivity index (χ1) is 17.2. The molecule has 4 aromatic rings. The first-order valence-electron chi connectivity index (χ1n) is 10.7. The van der Waals surface area contributed by atoms with E-state index in [1.54, 1.807) is 54.6 Å². The summed E-state index contributed by atoms with van der Waals surface area (Å²) in [5.41, 5.74) is 0.964. The van der Waals surface area contributed by atoms with Gasteiger partial charge in [-0.1, -0.05) is 36.4 Å². The van der Waals surface area contributed by atoms with E-state index in [4.69, 9.17) is 4.74 Å². The summed E-state index contributed by atoms with van der Waals surface area (Å²) < 4.78 is 34.3. The van der Waals surface area contributed by atoms with Gasteiger partial charge in [-0.25, -0.2) is 8.42 Å². The van der Waals surface area contributed by atoms with Gasteiger partial charge < -0.3 is 10.1 Å². The zero-order valence-electron chi connectivity index (χ0n) is 19.0. The zero-order valence-corrected chi connectivity index (χ0v) is 19.9. The maximum Gasteiger partial charge on any atom is 0.273 e. The van der Waals surface area contributed by atoms with E-state index in [0.717, 1.165) is 0 Å². The van der Waals surface area contributed by atoms with E-state index >= 15 is 0 Å². The molecule has 9 nitrogen and oxygen atoms in total. The van der Waals surface area contributed by atoms with Crippen molar-refractivity contribution in [1.82, 2.24) is 0 Å². The van der Waals surface area contributed by atoms with Crippen LogP contribution < -0.4 is 14.8 Å². The van der Waals surface area contributed by atoms with Crippen molar-refractivity contribution in [2.75, 3.05) is 10.0 Å². The van der Waals surface area contributed by atoms with Gasteiger partial charge in [0.1, 0.15) is 5.75 Å². The number of nitro groups is 1. The van der Waals surface area contributed by atoms with Crippen LogP contribution in [0.1, 0.15) is 17.3 Å². The van der Waals surface area contributed by atoms with E-state index < -0.39 is 20.7 Å². The van der Waals surface area contributed by atoms with Gasteiger partial charge in [0.15, 0.2) is 11.5 Å². The largest absolute Gasteiger partial charge is 0.455 e. The Morgan fingerprint density at radius 1 is 0.861 bits per heavy atom. The van der Waals surface area contributed by atoms with Crippen LogP contribution in [0.15, 0.2) is 102 Å². The van der Waals surface area contributed by atoms with Crippen LogP contribution in [0.3, 0.4) is 0 Å². The molecule has 0 saturated heterocycles. The molecule has 4 rings (SSSR count). The van der Waals surface area contributed by atoms with Crippen LogP contribution in [-0.4, -0.2) is 19.1 Å². The van der Waals surface area contributed by atoms with Crippen LogP contribution in [0.2, 0.25) is 0 Å². The van der Waals surface area contributed by atoms with Gasteiger partial charge in [-0.15, -0.1) is 0 Å². The minimum absolute atomic E-state index is 0.0177. The number of anilines is 3. The molecule has 36 heavy (non-hydrogen) atoms. The summed E-state index contributed by atoms with van der Waals surface area (Å²) in [6.07, 6.45) is 0. The molecule has 0 amide bonds. The molecule has 0 spiro atoms. The number of hydrogen-bond donors (Lipinski definition) is 2. The minimum Gasteiger partial charge on any atom is -0.455 e. The smallest absolute Gasteiger partial charge is 0.273 e. The number of nitrogens with one attached hydrogen (secondary N) is 2. The molecule has 0 fully saturated rings. The van der Waals surface area contributed by atoms with Gasteiger partial charge in [-0.3, -0.25) is 19.6 Å². The fourth-order valence-electron chi connectivity index (χ4n) is 3.42. The number of sulfonamides is 1. The molecule has 0 aliphatic heterocycles. The Morgan fingerprint density at radius 3 is 2.17 bits per heavy atom. The SMILES string of the molecule is CC(=O)c1cc(Nc2ccc([N+](=O)[O-])cc2Oc2ccccc2)ccc1S(=O)(=O)Nc1ccccc1. The second kappa shape index (κ2) is 10.3. The molecule has 0 saturated carbocycles. The monoisotopic (exact) mass is 503 g/mol. The molecule has 4 aromatic carbocycles. The predicted octanol–water partition coefficient (Wildman–Crippen LogP) is 6.13. The maximum atomic E-state index is 13.0.